The van der Waals surface area contributed by atoms with E-state index in [0.29, 0.717) is 28.3 Å². The first-order valence-corrected chi connectivity index (χ1v) is 11.6. The Morgan fingerprint density at radius 3 is 2.27 bits per heavy atom. The summed E-state index contributed by atoms with van der Waals surface area (Å²) in [6.45, 7) is 0.394. The van der Waals surface area contributed by atoms with Gasteiger partial charge in [0.25, 0.3) is 5.91 Å². The molecule has 0 N–H and O–H groups in total. The number of methoxy groups -OCH3 is 2. The van der Waals surface area contributed by atoms with Crippen LogP contribution in [0.25, 0.3) is 11.3 Å². The van der Waals surface area contributed by atoms with Crippen molar-refractivity contribution in [1.82, 2.24) is 9.88 Å². The van der Waals surface area contributed by atoms with Crippen molar-refractivity contribution in [2.75, 3.05) is 14.2 Å². The number of amides is 1. The fourth-order valence-corrected chi connectivity index (χ4v) is 4.59. The smallest absolute Gasteiger partial charge is 0.256 e. The van der Waals surface area contributed by atoms with Crippen molar-refractivity contribution in [3.8, 4) is 22.8 Å². The lowest BCUT2D eigenvalue weighted by Gasteiger charge is -2.18. The van der Waals surface area contributed by atoms with Crippen LogP contribution in [0, 0.1) is 17.5 Å². The number of nitrogens with zero attached hydrogens (tertiary/aromatic N) is 2. The van der Waals surface area contributed by atoms with Gasteiger partial charge in [-0.25, -0.2) is 18.2 Å². The second-order valence-corrected chi connectivity index (χ2v) is 8.73. The molecule has 3 aromatic carbocycles. The molecule has 0 atom stereocenters. The van der Waals surface area contributed by atoms with Gasteiger partial charge in [-0.1, -0.05) is 18.2 Å². The lowest BCUT2D eigenvalue weighted by molar-refractivity contribution is 0.0764. The molecule has 4 aromatic rings. The molecule has 1 aliphatic rings. The quantitative estimate of drug-likeness (QED) is 0.313. The number of halogens is 3. The number of fused-ring (bicyclic) bond motifs is 1. The number of carbonyl (C=O) groups excluding carboxylic acids is 1. The molecule has 2 heterocycles. The minimum atomic E-state index is -0.746. The number of hydrogen-bond donors (Lipinski definition) is 0. The predicted molar refractivity (Wildman–Crippen MR) is 132 cm³/mol. The lowest BCUT2D eigenvalue weighted by Crippen LogP contribution is -2.24. The van der Waals surface area contributed by atoms with Crippen LogP contribution in [-0.2, 0) is 19.5 Å². The molecular formula is C29H23F3N2O3. The maximum atomic E-state index is 14.7. The molecule has 0 unspecified atom stereocenters. The van der Waals surface area contributed by atoms with E-state index in [4.69, 9.17) is 9.47 Å². The van der Waals surface area contributed by atoms with E-state index in [0.717, 1.165) is 11.1 Å². The van der Waals surface area contributed by atoms with E-state index >= 15 is 0 Å². The number of benzene rings is 3. The fourth-order valence-electron chi connectivity index (χ4n) is 4.59. The first kappa shape index (κ1) is 24.4. The Morgan fingerprint density at radius 2 is 1.59 bits per heavy atom. The van der Waals surface area contributed by atoms with Crippen LogP contribution in [0.4, 0.5) is 13.2 Å². The first-order valence-electron chi connectivity index (χ1n) is 11.6. The molecule has 0 radical (unpaired) electrons. The van der Waals surface area contributed by atoms with Gasteiger partial charge < -0.3 is 14.4 Å². The molecule has 0 saturated carbocycles. The summed E-state index contributed by atoms with van der Waals surface area (Å²) in [5.41, 5.74) is 2.73. The maximum absolute atomic E-state index is 14.7. The Morgan fingerprint density at radius 1 is 0.865 bits per heavy atom. The van der Waals surface area contributed by atoms with Crippen molar-refractivity contribution in [3.05, 3.63) is 112 Å². The summed E-state index contributed by atoms with van der Waals surface area (Å²) >= 11 is 0. The molecule has 5 nitrogen and oxygen atoms in total. The van der Waals surface area contributed by atoms with Gasteiger partial charge in [0.2, 0.25) is 0 Å². The molecule has 8 heteroatoms. The van der Waals surface area contributed by atoms with Gasteiger partial charge in [0.1, 0.15) is 29.0 Å². The van der Waals surface area contributed by atoms with Crippen LogP contribution in [0.1, 0.15) is 32.7 Å². The minimum Gasteiger partial charge on any atom is -0.497 e. The Balaban J connectivity index is 1.56. The zero-order chi connectivity index (χ0) is 26.1. The van der Waals surface area contributed by atoms with Crippen LogP contribution in [0.5, 0.6) is 11.5 Å². The minimum absolute atomic E-state index is 0.100. The van der Waals surface area contributed by atoms with Crippen molar-refractivity contribution >= 4 is 5.91 Å². The van der Waals surface area contributed by atoms with E-state index in [1.165, 1.54) is 37.4 Å². The third-order valence-electron chi connectivity index (χ3n) is 6.40. The van der Waals surface area contributed by atoms with E-state index in [2.05, 4.69) is 4.98 Å². The zero-order valence-corrected chi connectivity index (χ0v) is 20.2. The van der Waals surface area contributed by atoms with Gasteiger partial charge >= 0.3 is 0 Å². The molecule has 37 heavy (non-hydrogen) atoms. The van der Waals surface area contributed by atoms with Crippen molar-refractivity contribution in [3.63, 3.8) is 0 Å². The molecular weight excluding hydrogens is 481 g/mol. The molecule has 5 rings (SSSR count). The average Bonchev–Trinajstić information content (AvgIpc) is 3.20. The summed E-state index contributed by atoms with van der Waals surface area (Å²) < 4.78 is 53.5. The summed E-state index contributed by atoms with van der Waals surface area (Å²) in [5, 5.41) is 0. The molecule has 0 fully saturated rings. The first-order chi connectivity index (χ1) is 17.9. The summed E-state index contributed by atoms with van der Waals surface area (Å²) in [6.07, 6.45) is 0.264. The molecule has 188 valence electrons. The molecule has 0 aliphatic carbocycles. The van der Waals surface area contributed by atoms with Gasteiger partial charge in [0.15, 0.2) is 0 Å². The highest BCUT2D eigenvalue weighted by Crippen LogP contribution is 2.34. The van der Waals surface area contributed by atoms with Crippen molar-refractivity contribution < 1.29 is 27.4 Å². The molecule has 0 spiro atoms. The predicted octanol–water partition coefficient (Wildman–Crippen LogP) is 5.93. The van der Waals surface area contributed by atoms with Crippen LogP contribution in [-0.4, -0.2) is 30.0 Å². The van der Waals surface area contributed by atoms with Gasteiger partial charge in [-0.15, -0.1) is 0 Å². The summed E-state index contributed by atoms with van der Waals surface area (Å²) in [4.78, 5) is 19.7. The topological polar surface area (TPSA) is 51.7 Å². The van der Waals surface area contributed by atoms with Crippen LogP contribution in [0.15, 0.2) is 66.7 Å². The lowest BCUT2D eigenvalue weighted by atomic mass is 9.97. The molecule has 1 aliphatic heterocycles. The van der Waals surface area contributed by atoms with E-state index < -0.39 is 11.6 Å². The zero-order valence-electron chi connectivity index (χ0n) is 20.2. The van der Waals surface area contributed by atoms with E-state index in [-0.39, 0.29) is 42.5 Å². The highest BCUT2D eigenvalue weighted by atomic mass is 19.1. The maximum Gasteiger partial charge on any atom is 0.256 e. The number of ether oxygens (including phenoxy) is 2. The Kier molecular flexibility index (Phi) is 6.56. The second kappa shape index (κ2) is 9.97. The van der Waals surface area contributed by atoms with E-state index in [9.17, 15) is 18.0 Å². The van der Waals surface area contributed by atoms with E-state index in [1.807, 2.05) is 6.07 Å². The van der Waals surface area contributed by atoms with Crippen molar-refractivity contribution in [2.45, 2.75) is 19.5 Å². The average molecular weight is 505 g/mol. The number of carbonyl (C=O) groups is 1. The van der Waals surface area contributed by atoms with Crippen LogP contribution in [0.3, 0.4) is 0 Å². The molecule has 0 saturated heterocycles. The molecule has 1 aromatic heterocycles. The van der Waals surface area contributed by atoms with Crippen LogP contribution < -0.4 is 9.47 Å². The van der Waals surface area contributed by atoms with E-state index in [1.54, 1.807) is 42.3 Å². The van der Waals surface area contributed by atoms with Crippen molar-refractivity contribution in [1.29, 1.82) is 0 Å². The largest absolute Gasteiger partial charge is 0.497 e. The summed E-state index contributed by atoms with van der Waals surface area (Å²) in [5.74, 6) is -0.937. The van der Waals surface area contributed by atoms with Gasteiger partial charge in [-0.3, -0.25) is 4.79 Å². The summed E-state index contributed by atoms with van der Waals surface area (Å²) in [7, 11) is 3.09. The van der Waals surface area contributed by atoms with Crippen LogP contribution >= 0.6 is 0 Å². The third kappa shape index (κ3) is 4.74. The van der Waals surface area contributed by atoms with Gasteiger partial charge in [-0.2, -0.15) is 0 Å². The molecule has 0 bridgehead atoms. The van der Waals surface area contributed by atoms with Crippen LogP contribution in [0.2, 0.25) is 0 Å². The van der Waals surface area contributed by atoms with Crippen molar-refractivity contribution in [2.24, 2.45) is 0 Å². The number of hydrogen-bond acceptors (Lipinski definition) is 4. The molecule has 1 amide bonds. The SMILES string of the molecule is COc1ccc(CN2Cc3nc(-c4c(F)cccc4F)cc(Cc4ccc(F)cc4)c3C2=O)c(OC)c1. The highest BCUT2D eigenvalue weighted by molar-refractivity contribution is 5.99. The Bertz CT molecular complexity index is 1470. The van der Waals surface area contributed by atoms with Gasteiger partial charge in [0, 0.05) is 11.6 Å². The number of pyridine rings is 1. The third-order valence-corrected chi connectivity index (χ3v) is 6.40. The standard InChI is InChI=1S/C29H23F3N2O3/c1-36-21-11-8-18(26(14-21)37-2)15-34-16-25-27(29(34)35)19(12-17-6-9-20(30)10-7-17)13-24(33-25)28-22(31)4-3-5-23(28)32/h3-11,13-14H,12,15-16H2,1-2H3. The normalized spacial score (nSPS) is 12.6. The van der Waals surface area contributed by atoms with Gasteiger partial charge in [-0.05, 0) is 60.0 Å². The fraction of sp³-hybridized carbons (Fsp3) is 0.172. The monoisotopic (exact) mass is 504 g/mol. The Labute approximate surface area is 212 Å². The number of rotatable bonds is 7. The second-order valence-electron chi connectivity index (χ2n) is 8.73. The number of aromatic nitrogens is 1. The Hall–Kier alpha value is -4.33. The highest BCUT2D eigenvalue weighted by Gasteiger charge is 2.33. The van der Waals surface area contributed by atoms with Gasteiger partial charge in [0.05, 0.1) is 49.8 Å². The summed E-state index contributed by atoms with van der Waals surface area (Å²) in [6, 6.07) is 16.4.